The zero-order chi connectivity index (χ0) is 17.0. The molecule has 0 bridgehead atoms. The molecule has 0 aromatic heterocycles. The third-order valence-corrected chi connectivity index (χ3v) is 3.27. The third-order valence-electron chi connectivity index (χ3n) is 3.27. The van der Waals surface area contributed by atoms with Crippen LogP contribution in [-0.4, -0.2) is 29.6 Å². The maximum atomic E-state index is 13.2. The fourth-order valence-corrected chi connectivity index (χ4v) is 1.88. The summed E-state index contributed by atoms with van der Waals surface area (Å²) in [7, 11) is 0. The van der Waals surface area contributed by atoms with Crippen LogP contribution < -0.4 is 0 Å². The summed E-state index contributed by atoms with van der Waals surface area (Å²) in [5, 5.41) is 10.1. The molecule has 0 amide bonds. The molecule has 1 aromatic carbocycles. The van der Waals surface area contributed by atoms with E-state index in [-0.39, 0.29) is 6.61 Å². The molecule has 0 aliphatic heterocycles. The molecule has 4 nitrogen and oxygen atoms in total. The highest BCUT2D eigenvalue weighted by atomic mass is 19.4. The Balaban J connectivity index is 3.06. The maximum Gasteiger partial charge on any atom is 0.421 e. The minimum atomic E-state index is -5.06. The molecule has 0 aliphatic carbocycles. The lowest BCUT2D eigenvalue weighted by atomic mass is 9.85. The van der Waals surface area contributed by atoms with Gasteiger partial charge in [0.2, 0.25) is 0 Å². The Kier molecular flexibility index (Phi) is 5.71. The van der Waals surface area contributed by atoms with E-state index in [9.17, 15) is 27.9 Å². The van der Waals surface area contributed by atoms with Crippen LogP contribution in [0.3, 0.4) is 0 Å². The second-order valence-electron chi connectivity index (χ2n) is 4.84. The Morgan fingerprint density at radius 3 is 2.23 bits per heavy atom. The van der Waals surface area contributed by atoms with Crippen molar-refractivity contribution < 1.29 is 32.6 Å². The quantitative estimate of drug-likeness (QED) is 0.647. The van der Waals surface area contributed by atoms with Gasteiger partial charge in [-0.25, -0.2) is 0 Å². The largest absolute Gasteiger partial charge is 0.465 e. The van der Waals surface area contributed by atoms with Crippen LogP contribution in [-0.2, 0) is 19.9 Å². The first-order valence-electron chi connectivity index (χ1n) is 6.67. The molecule has 122 valence electrons. The average Bonchev–Trinajstić information content (AvgIpc) is 2.46. The fraction of sp³-hybridized carbons (Fsp3) is 0.467. The number of hydrogen-bond donors (Lipinski definition) is 1. The number of esters is 1. The molecule has 22 heavy (non-hydrogen) atoms. The molecule has 1 rings (SSSR count). The number of ether oxygens (including phenoxy) is 1. The Hall–Kier alpha value is -1.89. The van der Waals surface area contributed by atoms with Crippen molar-refractivity contribution in [1.29, 1.82) is 0 Å². The molecule has 1 aromatic rings. The second-order valence-corrected chi connectivity index (χ2v) is 4.84. The normalized spacial score (nSPS) is 15.7. The van der Waals surface area contributed by atoms with Crippen molar-refractivity contribution >= 4 is 11.8 Å². The number of alkyl halides is 3. The molecule has 0 radical (unpaired) electrons. The summed E-state index contributed by atoms with van der Waals surface area (Å²) in [5.41, 5.74) is -3.79. The van der Waals surface area contributed by atoms with Crippen molar-refractivity contribution in [3.05, 3.63) is 35.9 Å². The SMILES string of the molecule is CCOC(=O)C(C)C(=O)CC(O)(c1ccccc1)C(F)(F)F. The summed E-state index contributed by atoms with van der Waals surface area (Å²) in [6.07, 6.45) is -6.31. The topological polar surface area (TPSA) is 63.6 Å². The van der Waals surface area contributed by atoms with Gasteiger partial charge in [-0.3, -0.25) is 9.59 Å². The predicted octanol–water partition coefficient (Wildman–Crippen LogP) is 2.59. The molecule has 7 heteroatoms. The first kappa shape index (κ1) is 18.2. The molecule has 0 saturated heterocycles. The van der Waals surface area contributed by atoms with Crippen molar-refractivity contribution in [3.8, 4) is 0 Å². The molecule has 0 heterocycles. The van der Waals surface area contributed by atoms with E-state index < -0.39 is 41.4 Å². The number of hydrogen-bond acceptors (Lipinski definition) is 4. The van der Waals surface area contributed by atoms with Crippen LogP contribution in [0.4, 0.5) is 13.2 Å². The Labute approximate surface area is 125 Å². The number of benzene rings is 1. The van der Waals surface area contributed by atoms with Gasteiger partial charge in [-0.15, -0.1) is 0 Å². The molecular weight excluding hydrogens is 301 g/mol. The number of carbonyl (C=O) groups is 2. The van der Waals surface area contributed by atoms with Crippen LogP contribution in [0.2, 0.25) is 0 Å². The monoisotopic (exact) mass is 318 g/mol. The standard InChI is InChI=1S/C15H17F3O4/c1-3-22-13(20)10(2)12(19)9-14(21,15(16,17)18)11-7-5-4-6-8-11/h4-8,10,21H,3,9H2,1-2H3. The summed E-state index contributed by atoms with van der Waals surface area (Å²) in [4.78, 5) is 23.4. The molecule has 2 unspecified atom stereocenters. The second kappa shape index (κ2) is 6.91. The average molecular weight is 318 g/mol. The zero-order valence-electron chi connectivity index (χ0n) is 12.2. The summed E-state index contributed by atoms with van der Waals surface area (Å²) in [5.74, 6) is -3.33. The van der Waals surface area contributed by atoms with E-state index in [1.165, 1.54) is 25.1 Å². The van der Waals surface area contributed by atoms with E-state index >= 15 is 0 Å². The summed E-state index contributed by atoms with van der Waals surface area (Å²) >= 11 is 0. The van der Waals surface area contributed by atoms with Gasteiger partial charge >= 0.3 is 12.1 Å². The predicted molar refractivity (Wildman–Crippen MR) is 71.8 cm³/mol. The number of aliphatic hydroxyl groups is 1. The Morgan fingerprint density at radius 2 is 1.77 bits per heavy atom. The van der Waals surface area contributed by atoms with E-state index in [1.807, 2.05) is 0 Å². The first-order valence-corrected chi connectivity index (χ1v) is 6.67. The van der Waals surface area contributed by atoms with Crippen LogP contribution in [0.5, 0.6) is 0 Å². The van der Waals surface area contributed by atoms with Crippen LogP contribution in [0.25, 0.3) is 0 Å². The lowest BCUT2D eigenvalue weighted by Gasteiger charge is -2.31. The lowest BCUT2D eigenvalue weighted by Crippen LogP contribution is -2.45. The van der Waals surface area contributed by atoms with Gasteiger partial charge in [0.05, 0.1) is 6.61 Å². The van der Waals surface area contributed by atoms with Gasteiger partial charge in [0.25, 0.3) is 0 Å². The van der Waals surface area contributed by atoms with E-state index in [0.717, 1.165) is 19.1 Å². The number of carbonyl (C=O) groups excluding carboxylic acids is 2. The number of rotatable bonds is 6. The highest BCUT2D eigenvalue weighted by Crippen LogP contribution is 2.42. The van der Waals surface area contributed by atoms with Crippen LogP contribution in [0.1, 0.15) is 25.8 Å². The van der Waals surface area contributed by atoms with Gasteiger partial charge in [-0.2, -0.15) is 13.2 Å². The molecule has 2 atom stereocenters. The van der Waals surface area contributed by atoms with Crippen molar-refractivity contribution in [3.63, 3.8) is 0 Å². The van der Waals surface area contributed by atoms with Gasteiger partial charge in [0, 0.05) is 6.42 Å². The summed E-state index contributed by atoms with van der Waals surface area (Å²) < 4.78 is 44.3. The van der Waals surface area contributed by atoms with Crippen LogP contribution in [0, 0.1) is 5.92 Å². The van der Waals surface area contributed by atoms with E-state index in [1.54, 1.807) is 0 Å². The van der Waals surface area contributed by atoms with E-state index in [0.29, 0.717) is 0 Å². The first-order chi connectivity index (χ1) is 10.1. The van der Waals surface area contributed by atoms with Gasteiger partial charge in [-0.1, -0.05) is 30.3 Å². The maximum absolute atomic E-state index is 13.2. The smallest absolute Gasteiger partial charge is 0.421 e. The zero-order valence-corrected chi connectivity index (χ0v) is 12.2. The van der Waals surface area contributed by atoms with Crippen LogP contribution >= 0.6 is 0 Å². The highest BCUT2D eigenvalue weighted by molar-refractivity contribution is 5.99. The minimum Gasteiger partial charge on any atom is -0.465 e. The molecule has 1 N–H and O–H groups in total. The molecule has 0 saturated carbocycles. The Bertz CT molecular complexity index is 527. The fourth-order valence-electron chi connectivity index (χ4n) is 1.88. The number of ketones is 1. The third kappa shape index (κ3) is 3.85. The van der Waals surface area contributed by atoms with Gasteiger partial charge in [0.15, 0.2) is 5.60 Å². The van der Waals surface area contributed by atoms with Gasteiger partial charge in [-0.05, 0) is 19.4 Å². The summed E-state index contributed by atoms with van der Waals surface area (Å²) in [6, 6.07) is 6.30. The molecular formula is C15H17F3O4. The minimum absolute atomic E-state index is 0.0126. The van der Waals surface area contributed by atoms with Crippen molar-refractivity contribution in [2.75, 3.05) is 6.61 Å². The van der Waals surface area contributed by atoms with Crippen molar-refractivity contribution in [2.45, 2.75) is 32.0 Å². The van der Waals surface area contributed by atoms with Gasteiger partial charge in [0.1, 0.15) is 11.7 Å². The lowest BCUT2D eigenvalue weighted by molar-refractivity contribution is -0.267. The molecule has 0 aliphatic rings. The number of Topliss-reactive ketones (excluding diaryl/α,β-unsaturated/α-hetero) is 1. The summed E-state index contributed by atoms with van der Waals surface area (Å²) in [6.45, 7) is 2.69. The molecule has 0 fully saturated rings. The van der Waals surface area contributed by atoms with E-state index in [2.05, 4.69) is 4.74 Å². The van der Waals surface area contributed by atoms with Crippen molar-refractivity contribution in [2.24, 2.45) is 5.92 Å². The number of halogens is 3. The van der Waals surface area contributed by atoms with Crippen LogP contribution in [0.15, 0.2) is 30.3 Å². The highest BCUT2D eigenvalue weighted by Gasteiger charge is 2.56. The van der Waals surface area contributed by atoms with Gasteiger partial charge < -0.3 is 9.84 Å². The molecule has 0 spiro atoms. The van der Waals surface area contributed by atoms with E-state index in [4.69, 9.17) is 0 Å². The van der Waals surface area contributed by atoms with Crippen molar-refractivity contribution in [1.82, 2.24) is 0 Å². The Morgan fingerprint density at radius 1 is 1.23 bits per heavy atom.